The van der Waals surface area contributed by atoms with Crippen LogP contribution in [0, 0.1) is 6.92 Å². The second-order valence-corrected chi connectivity index (χ2v) is 7.07. The van der Waals surface area contributed by atoms with Gasteiger partial charge < -0.3 is 14.4 Å². The van der Waals surface area contributed by atoms with E-state index in [-0.39, 0.29) is 18.6 Å². The zero-order chi connectivity index (χ0) is 18.4. The van der Waals surface area contributed by atoms with Crippen LogP contribution in [0.2, 0.25) is 5.02 Å². The minimum atomic E-state index is -0.0453. The molecule has 5 heteroatoms. The van der Waals surface area contributed by atoms with Gasteiger partial charge in [-0.3, -0.25) is 4.79 Å². The SMILES string of the molecule is Cc1ccc(OCC(=O)N(Cc2ccc(Cl)cc2)C[C@H]2CCCO2)cc1. The van der Waals surface area contributed by atoms with Crippen molar-refractivity contribution in [3.8, 4) is 5.75 Å². The molecule has 0 aromatic heterocycles. The van der Waals surface area contributed by atoms with E-state index in [9.17, 15) is 4.79 Å². The quantitative estimate of drug-likeness (QED) is 0.728. The molecule has 0 N–H and O–H groups in total. The van der Waals surface area contributed by atoms with E-state index in [1.165, 1.54) is 0 Å². The molecule has 1 aliphatic rings. The number of hydrogen-bond acceptors (Lipinski definition) is 3. The van der Waals surface area contributed by atoms with E-state index >= 15 is 0 Å². The topological polar surface area (TPSA) is 38.8 Å². The summed E-state index contributed by atoms with van der Waals surface area (Å²) < 4.78 is 11.4. The number of rotatable bonds is 7. The van der Waals surface area contributed by atoms with Crippen molar-refractivity contribution in [1.82, 2.24) is 4.90 Å². The molecule has 1 aliphatic heterocycles. The summed E-state index contributed by atoms with van der Waals surface area (Å²) in [6.45, 7) is 3.91. The summed E-state index contributed by atoms with van der Waals surface area (Å²) in [6.07, 6.45) is 2.14. The molecule has 0 radical (unpaired) electrons. The summed E-state index contributed by atoms with van der Waals surface area (Å²) in [5, 5.41) is 0.688. The number of halogens is 1. The summed E-state index contributed by atoms with van der Waals surface area (Å²) in [4.78, 5) is 14.6. The second-order valence-electron chi connectivity index (χ2n) is 6.64. The standard InChI is InChI=1S/C21H24ClNO3/c1-16-4-10-19(11-5-16)26-15-21(24)23(14-20-3-2-12-25-20)13-17-6-8-18(22)9-7-17/h4-11,20H,2-3,12-15H2,1H3/t20-/m1/s1. The second kappa shape index (κ2) is 9.06. The Morgan fingerprint density at radius 2 is 1.92 bits per heavy atom. The highest BCUT2D eigenvalue weighted by Crippen LogP contribution is 2.17. The number of ether oxygens (including phenoxy) is 2. The van der Waals surface area contributed by atoms with Gasteiger partial charge >= 0.3 is 0 Å². The van der Waals surface area contributed by atoms with Gasteiger partial charge in [0.25, 0.3) is 5.91 Å². The lowest BCUT2D eigenvalue weighted by molar-refractivity contribution is -0.135. The van der Waals surface area contributed by atoms with Gasteiger partial charge in [-0.2, -0.15) is 0 Å². The van der Waals surface area contributed by atoms with E-state index < -0.39 is 0 Å². The molecule has 138 valence electrons. The summed E-state index contributed by atoms with van der Waals surface area (Å²) in [5.41, 5.74) is 2.20. The molecular weight excluding hydrogens is 350 g/mol. The third kappa shape index (κ3) is 5.48. The Morgan fingerprint density at radius 3 is 2.58 bits per heavy atom. The predicted octanol–water partition coefficient (Wildman–Crippen LogP) is 4.24. The van der Waals surface area contributed by atoms with Crippen molar-refractivity contribution >= 4 is 17.5 Å². The number of amides is 1. The monoisotopic (exact) mass is 373 g/mol. The van der Waals surface area contributed by atoms with Gasteiger partial charge in [0, 0.05) is 24.7 Å². The lowest BCUT2D eigenvalue weighted by Gasteiger charge is -2.25. The maximum absolute atomic E-state index is 12.8. The molecule has 4 nitrogen and oxygen atoms in total. The highest BCUT2D eigenvalue weighted by molar-refractivity contribution is 6.30. The number of hydrogen-bond donors (Lipinski definition) is 0. The Morgan fingerprint density at radius 1 is 1.19 bits per heavy atom. The van der Waals surface area contributed by atoms with Crippen molar-refractivity contribution in [3.05, 3.63) is 64.7 Å². The third-order valence-electron chi connectivity index (χ3n) is 4.47. The van der Waals surface area contributed by atoms with Gasteiger partial charge in [0.15, 0.2) is 6.61 Å². The zero-order valence-corrected chi connectivity index (χ0v) is 15.7. The van der Waals surface area contributed by atoms with Crippen molar-refractivity contribution in [2.75, 3.05) is 19.8 Å². The fourth-order valence-electron chi connectivity index (χ4n) is 2.97. The zero-order valence-electron chi connectivity index (χ0n) is 15.0. The minimum absolute atomic E-state index is 0.0172. The normalized spacial score (nSPS) is 16.5. The minimum Gasteiger partial charge on any atom is -0.484 e. The van der Waals surface area contributed by atoms with Crippen LogP contribution in [0.15, 0.2) is 48.5 Å². The van der Waals surface area contributed by atoms with Crippen molar-refractivity contribution in [3.63, 3.8) is 0 Å². The number of nitrogens with zero attached hydrogens (tertiary/aromatic N) is 1. The summed E-state index contributed by atoms with van der Waals surface area (Å²) in [7, 11) is 0. The van der Waals surface area contributed by atoms with Crippen molar-refractivity contribution < 1.29 is 14.3 Å². The van der Waals surface area contributed by atoms with Crippen LogP contribution in [-0.4, -0.2) is 36.7 Å². The Balaban J connectivity index is 1.63. The molecule has 1 heterocycles. The molecule has 2 aromatic rings. The maximum Gasteiger partial charge on any atom is 0.260 e. The average Bonchev–Trinajstić information content (AvgIpc) is 3.15. The van der Waals surface area contributed by atoms with E-state index in [1.54, 1.807) is 0 Å². The van der Waals surface area contributed by atoms with Crippen LogP contribution in [0.4, 0.5) is 0 Å². The fourth-order valence-corrected chi connectivity index (χ4v) is 3.10. The lowest BCUT2D eigenvalue weighted by atomic mass is 10.2. The van der Waals surface area contributed by atoms with E-state index in [2.05, 4.69) is 0 Å². The fraction of sp³-hybridized carbons (Fsp3) is 0.381. The van der Waals surface area contributed by atoms with Crippen molar-refractivity contribution in [2.24, 2.45) is 0 Å². The van der Waals surface area contributed by atoms with E-state index in [1.807, 2.05) is 60.4 Å². The van der Waals surface area contributed by atoms with Gasteiger partial charge in [-0.25, -0.2) is 0 Å². The maximum atomic E-state index is 12.8. The van der Waals surface area contributed by atoms with Crippen molar-refractivity contribution in [1.29, 1.82) is 0 Å². The van der Waals surface area contributed by atoms with Gasteiger partial charge in [-0.1, -0.05) is 41.4 Å². The highest BCUT2D eigenvalue weighted by Gasteiger charge is 2.23. The largest absolute Gasteiger partial charge is 0.484 e. The number of aryl methyl sites for hydroxylation is 1. The van der Waals surface area contributed by atoms with Crippen LogP contribution in [0.1, 0.15) is 24.0 Å². The first kappa shape index (κ1) is 18.7. The Labute approximate surface area is 159 Å². The molecule has 1 amide bonds. The first-order valence-electron chi connectivity index (χ1n) is 8.93. The van der Waals surface area contributed by atoms with Crippen LogP contribution in [-0.2, 0) is 16.1 Å². The molecule has 2 aromatic carbocycles. The molecule has 0 spiro atoms. The molecule has 26 heavy (non-hydrogen) atoms. The lowest BCUT2D eigenvalue weighted by Crippen LogP contribution is -2.39. The van der Waals surface area contributed by atoms with Gasteiger partial charge in [0.1, 0.15) is 5.75 Å². The van der Waals surface area contributed by atoms with Gasteiger partial charge in [-0.05, 0) is 49.6 Å². The Kier molecular flexibility index (Phi) is 6.53. The number of benzene rings is 2. The van der Waals surface area contributed by atoms with Crippen LogP contribution >= 0.6 is 11.6 Å². The Hall–Kier alpha value is -2.04. The van der Waals surface area contributed by atoms with E-state index in [0.29, 0.717) is 23.9 Å². The van der Waals surface area contributed by atoms with Crippen LogP contribution in [0.25, 0.3) is 0 Å². The highest BCUT2D eigenvalue weighted by atomic mass is 35.5. The number of carbonyl (C=O) groups is 1. The molecule has 3 rings (SSSR count). The molecule has 1 saturated heterocycles. The van der Waals surface area contributed by atoms with Crippen LogP contribution in [0.3, 0.4) is 0 Å². The summed E-state index contributed by atoms with van der Waals surface area (Å²) in [6, 6.07) is 15.3. The number of carbonyl (C=O) groups excluding carboxylic acids is 1. The molecule has 1 fully saturated rings. The van der Waals surface area contributed by atoms with E-state index in [0.717, 1.165) is 30.6 Å². The van der Waals surface area contributed by atoms with Crippen LogP contribution < -0.4 is 4.74 Å². The van der Waals surface area contributed by atoms with Gasteiger partial charge in [-0.15, -0.1) is 0 Å². The Bertz CT molecular complexity index is 709. The average molecular weight is 374 g/mol. The molecule has 0 bridgehead atoms. The van der Waals surface area contributed by atoms with Gasteiger partial charge in [0.2, 0.25) is 0 Å². The summed E-state index contributed by atoms with van der Waals surface area (Å²) >= 11 is 5.96. The third-order valence-corrected chi connectivity index (χ3v) is 4.72. The first-order valence-corrected chi connectivity index (χ1v) is 9.31. The van der Waals surface area contributed by atoms with Gasteiger partial charge in [0.05, 0.1) is 6.10 Å². The predicted molar refractivity (Wildman–Crippen MR) is 103 cm³/mol. The molecule has 0 saturated carbocycles. The molecule has 0 aliphatic carbocycles. The smallest absolute Gasteiger partial charge is 0.260 e. The van der Waals surface area contributed by atoms with Crippen molar-refractivity contribution in [2.45, 2.75) is 32.4 Å². The molecular formula is C21H24ClNO3. The van der Waals surface area contributed by atoms with E-state index in [4.69, 9.17) is 21.1 Å². The summed E-state index contributed by atoms with van der Waals surface area (Å²) in [5.74, 6) is 0.656. The molecule has 0 unspecified atom stereocenters. The van der Waals surface area contributed by atoms with Crippen LogP contribution in [0.5, 0.6) is 5.75 Å². The first-order chi connectivity index (χ1) is 12.6. The molecule has 1 atom stereocenters.